The van der Waals surface area contributed by atoms with Crippen LogP contribution in [0.3, 0.4) is 0 Å². The lowest BCUT2D eigenvalue weighted by atomic mass is 10.0. The van der Waals surface area contributed by atoms with Crippen LogP contribution in [0.4, 0.5) is 5.95 Å². The Labute approximate surface area is 208 Å². The molecule has 1 N–H and O–H groups in total. The van der Waals surface area contributed by atoms with E-state index in [1.54, 1.807) is 37.5 Å². The lowest BCUT2D eigenvalue weighted by Gasteiger charge is -2.32. The number of rotatable bonds is 5. The van der Waals surface area contributed by atoms with Gasteiger partial charge in [-0.15, -0.1) is 0 Å². The maximum absolute atomic E-state index is 13.1. The summed E-state index contributed by atoms with van der Waals surface area (Å²) in [4.78, 5) is 24.8. The van der Waals surface area contributed by atoms with Gasteiger partial charge in [0.15, 0.2) is 0 Å². The van der Waals surface area contributed by atoms with Gasteiger partial charge in [-0.25, -0.2) is 4.98 Å². The first-order chi connectivity index (χ1) is 16.5. The van der Waals surface area contributed by atoms with Crippen LogP contribution in [0.2, 0.25) is 10.0 Å². The largest absolute Gasteiger partial charge is 0.351 e. The molecule has 6 nitrogen and oxygen atoms in total. The number of anilines is 1. The van der Waals surface area contributed by atoms with E-state index in [0.29, 0.717) is 38.8 Å². The molecule has 34 heavy (non-hydrogen) atoms. The third-order valence-corrected chi connectivity index (χ3v) is 6.98. The highest BCUT2D eigenvalue weighted by Crippen LogP contribution is 2.33. The molecule has 0 spiro atoms. The maximum atomic E-state index is 13.1. The molecule has 1 aliphatic heterocycles. The Morgan fingerprint density at radius 1 is 1.03 bits per heavy atom. The number of aryl methyl sites for hydroxylation is 1. The van der Waals surface area contributed by atoms with Gasteiger partial charge in [0.25, 0.3) is 5.56 Å². The summed E-state index contributed by atoms with van der Waals surface area (Å²) >= 11 is 12.7. The Balaban J connectivity index is 1.33. The minimum absolute atomic E-state index is 0.207. The van der Waals surface area contributed by atoms with E-state index in [1.807, 2.05) is 6.07 Å². The summed E-state index contributed by atoms with van der Waals surface area (Å²) in [6.45, 7) is 3.00. The Bertz CT molecular complexity index is 1360. The number of likely N-dealkylation sites (tertiary alicyclic amines) is 1. The fourth-order valence-corrected chi connectivity index (χ4v) is 5.11. The van der Waals surface area contributed by atoms with Crippen molar-refractivity contribution in [2.45, 2.75) is 25.4 Å². The Morgan fingerprint density at radius 2 is 1.74 bits per heavy atom. The highest BCUT2D eigenvalue weighted by atomic mass is 35.5. The average Bonchev–Trinajstić information content (AvgIpc) is 2.84. The van der Waals surface area contributed by atoms with E-state index in [1.165, 1.54) is 10.1 Å². The van der Waals surface area contributed by atoms with Gasteiger partial charge in [-0.1, -0.05) is 59.6 Å². The van der Waals surface area contributed by atoms with Crippen LogP contribution in [0.5, 0.6) is 0 Å². The molecule has 4 aromatic rings. The molecule has 1 aliphatic rings. The third kappa shape index (κ3) is 4.67. The monoisotopic (exact) mass is 493 g/mol. The Morgan fingerprint density at radius 3 is 2.44 bits per heavy atom. The lowest BCUT2D eigenvalue weighted by Crippen LogP contribution is -2.39. The van der Waals surface area contributed by atoms with Gasteiger partial charge in [0.1, 0.15) is 5.65 Å². The molecule has 0 bridgehead atoms. The second-order valence-electron chi connectivity index (χ2n) is 8.67. The van der Waals surface area contributed by atoms with Crippen LogP contribution >= 0.6 is 23.2 Å². The van der Waals surface area contributed by atoms with Crippen molar-refractivity contribution in [3.63, 3.8) is 0 Å². The number of nitrogens with zero attached hydrogens (tertiary/aromatic N) is 4. The minimum atomic E-state index is -0.207. The van der Waals surface area contributed by atoms with Crippen LogP contribution in [0, 0.1) is 0 Å². The molecule has 0 amide bonds. The maximum Gasteiger partial charge on any atom is 0.259 e. The van der Waals surface area contributed by atoms with Gasteiger partial charge in [0, 0.05) is 49.9 Å². The summed E-state index contributed by atoms with van der Waals surface area (Å²) in [6, 6.07) is 17.8. The molecule has 8 heteroatoms. The van der Waals surface area contributed by atoms with Crippen molar-refractivity contribution >= 4 is 40.2 Å². The molecule has 0 atom stereocenters. The van der Waals surface area contributed by atoms with Gasteiger partial charge in [-0.05, 0) is 36.6 Å². The SMILES string of the molecule is Cn1c(=O)c(-c2c(Cl)cccc2Cl)cc2cnc(NC3CCN(Cc4ccccc4)CC3)nc21. The molecule has 0 aliphatic carbocycles. The Kier molecular flexibility index (Phi) is 6.55. The van der Waals surface area contributed by atoms with Crippen molar-refractivity contribution in [3.8, 4) is 11.1 Å². The molecular weight excluding hydrogens is 469 g/mol. The van der Waals surface area contributed by atoms with E-state index < -0.39 is 0 Å². The van der Waals surface area contributed by atoms with E-state index in [2.05, 4.69) is 44.5 Å². The molecule has 0 saturated carbocycles. The number of piperidine rings is 1. The van der Waals surface area contributed by atoms with Gasteiger partial charge in [0.05, 0.1) is 15.6 Å². The zero-order valence-electron chi connectivity index (χ0n) is 18.8. The zero-order valence-corrected chi connectivity index (χ0v) is 20.4. The molecule has 0 unspecified atom stereocenters. The van der Waals surface area contributed by atoms with Crippen molar-refractivity contribution < 1.29 is 0 Å². The van der Waals surface area contributed by atoms with Crippen LogP contribution in [-0.4, -0.2) is 38.6 Å². The van der Waals surface area contributed by atoms with Crippen molar-refractivity contribution in [2.24, 2.45) is 7.05 Å². The number of pyridine rings is 1. The topological polar surface area (TPSA) is 63.1 Å². The van der Waals surface area contributed by atoms with E-state index in [4.69, 9.17) is 23.2 Å². The van der Waals surface area contributed by atoms with Crippen LogP contribution in [0.15, 0.2) is 65.6 Å². The van der Waals surface area contributed by atoms with Crippen molar-refractivity contribution in [1.29, 1.82) is 0 Å². The highest BCUT2D eigenvalue weighted by molar-refractivity contribution is 6.39. The van der Waals surface area contributed by atoms with E-state index in [-0.39, 0.29) is 5.56 Å². The smallest absolute Gasteiger partial charge is 0.259 e. The number of benzene rings is 2. The molecule has 174 valence electrons. The van der Waals surface area contributed by atoms with Gasteiger partial charge in [0.2, 0.25) is 5.95 Å². The zero-order chi connectivity index (χ0) is 23.7. The molecule has 5 rings (SSSR count). The number of hydrogen-bond donors (Lipinski definition) is 1. The van der Waals surface area contributed by atoms with Gasteiger partial charge < -0.3 is 5.32 Å². The quantitative estimate of drug-likeness (QED) is 0.404. The Hall–Kier alpha value is -2.93. The van der Waals surface area contributed by atoms with E-state index >= 15 is 0 Å². The first-order valence-electron chi connectivity index (χ1n) is 11.3. The number of hydrogen-bond acceptors (Lipinski definition) is 5. The number of aromatic nitrogens is 3. The molecule has 0 radical (unpaired) electrons. The first kappa shape index (κ1) is 22.8. The summed E-state index contributed by atoms with van der Waals surface area (Å²) in [5.41, 5.74) is 2.65. The predicted molar refractivity (Wildman–Crippen MR) is 139 cm³/mol. The molecule has 2 aromatic heterocycles. The number of nitrogens with one attached hydrogen (secondary N) is 1. The van der Waals surface area contributed by atoms with Gasteiger partial charge >= 0.3 is 0 Å². The van der Waals surface area contributed by atoms with Gasteiger partial charge in [-0.2, -0.15) is 4.98 Å². The molecule has 1 saturated heterocycles. The minimum Gasteiger partial charge on any atom is -0.351 e. The molecule has 2 aromatic carbocycles. The fraction of sp³-hybridized carbons (Fsp3) is 0.269. The summed E-state index contributed by atoms with van der Waals surface area (Å²) in [7, 11) is 1.71. The fourth-order valence-electron chi connectivity index (χ4n) is 4.51. The lowest BCUT2D eigenvalue weighted by molar-refractivity contribution is 0.211. The molecule has 1 fully saturated rings. The van der Waals surface area contributed by atoms with Crippen LogP contribution in [-0.2, 0) is 13.6 Å². The normalized spacial score (nSPS) is 15.0. The summed E-state index contributed by atoms with van der Waals surface area (Å²) in [5.74, 6) is 0.535. The van der Waals surface area contributed by atoms with Crippen LogP contribution < -0.4 is 10.9 Å². The van der Waals surface area contributed by atoms with E-state index in [9.17, 15) is 4.79 Å². The van der Waals surface area contributed by atoms with Crippen LogP contribution in [0.25, 0.3) is 22.2 Å². The summed E-state index contributed by atoms with van der Waals surface area (Å²) < 4.78 is 1.53. The summed E-state index contributed by atoms with van der Waals surface area (Å²) in [6.07, 6.45) is 3.76. The first-order valence-corrected chi connectivity index (χ1v) is 12.1. The molecular formula is C26H25Cl2N5O. The van der Waals surface area contributed by atoms with E-state index in [0.717, 1.165) is 37.9 Å². The number of halogens is 2. The highest BCUT2D eigenvalue weighted by Gasteiger charge is 2.21. The van der Waals surface area contributed by atoms with Crippen LogP contribution in [0.1, 0.15) is 18.4 Å². The van der Waals surface area contributed by atoms with Crippen molar-refractivity contribution in [2.75, 3.05) is 18.4 Å². The van der Waals surface area contributed by atoms with Gasteiger partial charge in [-0.3, -0.25) is 14.3 Å². The predicted octanol–water partition coefficient (Wildman–Crippen LogP) is 5.38. The average molecular weight is 494 g/mol. The summed E-state index contributed by atoms with van der Waals surface area (Å²) in [5, 5.41) is 5.07. The second kappa shape index (κ2) is 9.74. The third-order valence-electron chi connectivity index (χ3n) is 6.35. The second-order valence-corrected chi connectivity index (χ2v) is 9.49. The number of fused-ring (bicyclic) bond motifs is 1. The van der Waals surface area contributed by atoms with Crippen molar-refractivity contribution in [3.05, 3.63) is 86.8 Å². The molecule has 3 heterocycles. The standard InChI is InChI=1S/C26H25Cl2N5O/c1-32-24-18(14-20(25(32)34)23-21(27)8-5-9-22(23)28)15-29-26(31-24)30-19-10-12-33(13-11-19)16-17-6-3-2-4-7-17/h2-9,14-15,19H,10-13,16H2,1H3,(H,29,30,31). The van der Waals surface area contributed by atoms with Crippen molar-refractivity contribution in [1.82, 2.24) is 19.4 Å².